The van der Waals surface area contributed by atoms with E-state index in [2.05, 4.69) is 31.1 Å². The third-order valence-electron chi connectivity index (χ3n) is 5.27. The molecule has 1 atom stereocenters. The van der Waals surface area contributed by atoms with Gasteiger partial charge in [0.05, 0.1) is 10.0 Å². The number of anilines is 1. The lowest BCUT2D eigenvalue weighted by Crippen LogP contribution is -2.49. The maximum atomic E-state index is 14.2. The van der Waals surface area contributed by atoms with Gasteiger partial charge < -0.3 is 15.0 Å². The zero-order chi connectivity index (χ0) is 23.8. The lowest BCUT2D eigenvalue weighted by Gasteiger charge is -2.34. The average molecular weight is 515 g/mol. The van der Waals surface area contributed by atoms with Crippen molar-refractivity contribution in [3.05, 3.63) is 46.3 Å². The van der Waals surface area contributed by atoms with Crippen molar-refractivity contribution in [1.29, 1.82) is 5.26 Å². The highest BCUT2D eigenvalue weighted by Gasteiger charge is 2.26. The predicted molar refractivity (Wildman–Crippen MR) is 125 cm³/mol. The van der Waals surface area contributed by atoms with Gasteiger partial charge in [0.2, 0.25) is 0 Å². The molecule has 1 unspecified atom stereocenters. The number of carbonyl (C=O) groups excluding carboxylic acids is 1. The van der Waals surface area contributed by atoms with Crippen LogP contribution in [-0.4, -0.2) is 45.4 Å². The van der Waals surface area contributed by atoms with Crippen LogP contribution in [0.4, 0.5) is 15.0 Å². The van der Waals surface area contributed by atoms with Crippen molar-refractivity contribution in [2.75, 3.05) is 18.0 Å². The molecule has 2 aromatic heterocycles. The predicted octanol–water partition coefficient (Wildman–Crippen LogP) is 4.66. The first kappa shape index (κ1) is 23.0. The summed E-state index contributed by atoms with van der Waals surface area (Å²) < 4.78 is 21.9. The smallest absolute Gasteiger partial charge is 0.407 e. The molecule has 1 amide bonds. The number of rotatable bonds is 3. The van der Waals surface area contributed by atoms with Crippen molar-refractivity contribution in [2.45, 2.75) is 45.3 Å². The van der Waals surface area contributed by atoms with Crippen LogP contribution in [0.2, 0.25) is 0 Å². The van der Waals surface area contributed by atoms with E-state index in [1.807, 2.05) is 32.9 Å². The van der Waals surface area contributed by atoms with E-state index in [4.69, 9.17) is 15.1 Å². The van der Waals surface area contributed by atoms with Gasteiger partial charge in [0, 0.05) is 30.9 Å². The third kappa shape index (κ3) is 4.93. The molecule has 10 heteroatoms. The van der Waals surface area contributed by atoms with Gasteiger partial charge in [0.15, 0.2) is 5.65 Å². The van der Waals surface area contributed by atoms with Crippen molar-refractivity contribution < 1.29 is 13.9 Å². The van der Waals surface area contributed by atoms with E-state index in [-0.39, 0.29) is 11.6 Å². The van der Waals surface area contributed by atoms with Crippen molar-refractivity contribution in [1.82, 2.24) is 19.9 Å². The van der Waals surface area contributed by atoms with E-state index >= 15 is 0 Å². The van der Waals surface area contributed by atoms with Crippen LogP contribution in [0.25, 0.3) is 16.9 Å². The van der Waals surface area contributed by atoms with E-state index in [0.717, 1.165) is 25.2 Å². The van der Waals surface area contributed by atoms with E-state index in [9.17, 15) is 9.18 Å². The van der Waals surface area contributed by atoms with Crippen LogP contribution in [-0.2, 0) is 4.74 Å². The summed E-state index contributed by atoms with van der Waals surface area (Å²) >= 11 is 3.55. The highest BCUT2D eigenvalue weighted by molar-refractivity contribution is 9.10. The number of benzene rings is 1. The van der Waals surface area contributed by atoms with E-state index < -0.39 is 17.5 Å². The third-order valence-corrected chi connectivity index (χ3v) is 6.00. The molecule has 0 bridgehead atoms. The lowest BCUT2D eigenvalue weighted by molar-refractivity contribution is 0.0500. The normalized spacial score (nSPS) is 16.5. The Labute approximate surface area is 199 Å². The summed E-state index contributed by atoms with van der Waals surface area (Å²) in [4.78, 5) is 18.8. The minimum atomic E-state index is -0.598. The molecule has 1 aliphatic heterocycles. The number of carbonyl (C=O) groups is 1. The van der Waals surface area contributed by atoms with Gasteiger partial charge in [0.1, 0.15) is 29.0 Å². The number of aromatic nitrogens is 3. The highest BCUT2D eigenvalue weighted by atomic mass is 79.9. The van der Waals surface area contributed by atoms with Crippen LogP contribution < -0.4 is 10.2 Å². The summed E-state index contributed by atoms with van der Waals surface area (Å²) in [5.74, 6) is 0.219. The van der Waals surface area contributed by atoms with Crippen LogP contribution in [0.5, 0.6) is 0 Å². The summed E-state index contributed by atoms with van der Waals surface area (Å²) in [6.07, 6.45) is 3.01. The quantitative estimate of drug-likeness (QED) is 0.545. The Balaban J connectivity index is 1.62. The molecule has 33 heavy (non-hydrogen) atoms. The van der Waals surface area contributed by atoms with Crippen molar-refractivity contribution in [3.63, 3.8) is 0 Å². The van der Waals surface area contributed by atoms with E-state index in [1.165, 1.54) is 12.1 Å². The molecule has 1 aromatic carbocycles. The van der Waals surface area contributed by atoms with Gasteiger partial charge in [-0.15, -0.1) is 0 Å². The first-order valence-corrected chi connectivity index (χ1v) is 11.4. The molecule has 1 saturated heterocycles. The number of nitriles is 1. The summed E-state index contributed by atoms with van der Waals surface area (Å²) in [7, 11) is 0. The Morgan fingerprint density at radius 3 is 2.85 bits per heavy atom. The number of alkyl carbamates (subject to hydrolysis) is 1. The number of ether oxygens (including phenoxy) is 1. The number of piperidine rings is 1. The molecular formula is C23H24BrFN6O2. The highest BCUT2D eigenvalue weighted by Crippen LogP contribution is 2.33. The minimum Gasteiger partial charge on any atom is -0.444 e. The Morgan fingerprint density at radius 2 is 2.15 bits per heavy atom. The fourth-order valence-corrected chi connectivity index (χ4v) is 4.44. The second-order valence-corrected chi connectivity index (χ2v) is 9.73. The molecule has 0 radical (unpaired) electrons. The lowest BCUT2D eigenvalue weighted by atomic mass is 10.1. The van der Waals surface area contributed by atoms with Gasteiger partial charge in [-0.25, -0.2) is 14.2 Å². The molecule has 1 N–H and O–H groups in total. The maximum Gasteiger partial charge on any atom is 0.407 e. The zero-order valence-electron chi connectivity index (χ0n) is 18.6. The summed E-state index contributed by atoms with van der Waals surface area (Å²) in [5, 5.41) is 16.6. The van der Waals surface area contributed by atoms with Crippen LogP contribution >= 0.6 is 15.9 Å². The molecule has 1 aliphatic rings. The molecule has 4 rings (SSSR count). The maximum absolute atomic E-state index is 14.2. The summed E-state index contributed by atoms with van der Waals surface area (Å²) in [6, 6.07) is 8.02. The topological polar surface area (TPSA) is 95.5 Å². The molecule has 0 aliphatic carbocycles. The average Bonchev–Trinajstić information content (AvgIpc) is 3.09. The zero-order valence-corrected chi connectivity index (χ0v) is 20.2. The number of amides is 1. The second kappa shape index (κ2) is 8.98. The second-order valence-electron chi connectivity index (χ2n) is 8.94. The molecule has 0 spiro atoms. The molecule has 3 heterocycles. The monoisotopic (exact) mass is 514 g/mol. The summed E-state index contributed by atoms with van der Waals surface area (Å²) in [6.45, 7) is 6.89. The Hall–Kier alpha value is -3.19. The van der Waals surface area contributed by atoms with Crippen LogP contribution in [0.3, 0.4) is 0 Å². The molecule has 1 fully saturated rings. The standard InChI is InChI=1S/C23H24BrFN6O2/c1-23(2,3)33-22(32)28-16-5-4-10-30(13-16)18-8-9-27-21-19(24)20(29-31(18)21)14-6-7-15(12-26)17(25)11-14/h6-9,11,16H,4-5,10,13H2,1-3H3,(H,28,32). The Bertz CT molecular complexity index is 1250. The van der Waals surface area contributed by atoms with Crippen molar-refractivity contribution in [3.8, 4) is 17.3 Å². The number of nitrogens with zero attached hydrogens (tertiary/aromatic N) is 5. The molecule has 0 saturated carbocycles. The van der Waals surface area contributed by atoms with Gasteiger partial charge in [-0.2, -0.15) is 14.9 Å². The van der Waals surface area contributed by atoms with Crippen LogP contribution in [0.15, 0.2) is 34.9 Å². The number of hydrogen-bond acceptors (Lipinski definition) is 6. The fraction of sp³-hybridized carbons (Fsp3) is 0.391. The van der Waals surface area contributed by atoms with Gasteiger partial charge in [0.25, 0.3) is 0 Å². The molecule has 172 valence electrons. The van der Waals surface area contributed by atoms with Crippen molar-refractivity contribution in [2.24, 2.45) is 0 Å². The fourth-order valence-electron chi connectivity index (χ4n) is 3.86. The van der Waals surface area contributed by atoms with Gasteiger partial charge in [-0.1, -0.05) is 6.07 Å². The largest absolute Gasteiger partial charge is 0.444 e. The number of fused-ring (bicyclic) bond motifs is 1. The molecule has 3 aromatic rings. The molecular weight excluding hydrogens is 491 g/mol. The van der Waals surface area contributed by atoms with Gasteiger partial charge in [-0.3, -0.25) is 0 Å². The van der Waals surface area contributed by atoms with Crippen LogP contribution in [0, 0.1) is 17.1 Å². The molecule has 8 nitrogen and oxygen atoms in total. The number of nitrogens with one attached hydrogen (secondary N) is 1. The van der Waals surface area contributed by atoms with Crippen LogP contribution in [0.1, 0.15) is 39.2 Å². The first-order chi connectivity index (χ1) is 15.7. The Kier molecular flexibility index (Phi) is 6.26. The minimum absolute atomic E-state index is 0.0192. The Morgan fingerprint density at radius 1 is 1.36 bits per heavy atom. The number of hydrogen-bond donors (Lipinski definition) is 1. The van der Waals surface area contributed by atoms with E-state index in [0.29, 0.717) is 27.9 Å². The van der Waals surface area contributed by atoms with Gasteiger partial charge in [-0.05, 0) is 67.7 Å². The van der Waals surface area contributed by atoms with Crippen molar-refractivity contribution >= 4 is 33.5 Å². The SMILES string of the molecule is CC(C)(C)OC(=O)NC1CCCN(c2ccnc3c(Br)c(-c4ccc(C#N)c(F)c4)nn23)C1. The summed E-state index contributed by atoms with van der Waals surface area (Å²) in [5.41, 5.74) is 1.08. The first-order valence-electron chi connectivity index (χ1n) is 10.6. The van der Waals surface area contributed by atoms with E-state index in [1.54, 1.807) is 16.8 Å². The number of halogens is 2. The van der Waals surface area contributed by atoms with Gasteiger partial charge >= 0.3 is 6.09 Å².